The molecule has 3 heteroatoms. The van der Waals surface area contributed by atoms with E-state index in [9.17, 15) is 0 Å². The summed E-state index contributed by atoms with van der Waals surface area (Å²) in [5.74, 6) is 1.28. The van der Waals surface area contributed by atoms with Crippen LogP contribution in [0.25, 0.3) is 0 Å². The van der Waals surface area contributed by atoms with Gasteiger partial charge in [0, 0.05) is 23.5 Å². The Hall–Kier alpha value is -0.760. The molecule has 0 aromatic carbocycles. The molecule has 0 atom stereocenters. The van der Waals surface area contributed by atoms with E-state index in [0.29, 0.717) is 5.88 Å². The van der Waals surface area contributed by atoms with E-state index in [0.717, 1.165) is 17.0 Å². The molecule has 0 N–H and O–H groups in total. The van der Waals surface area contributed by atoms with Crippen molar-refractivity contribution < 1.29 is 4.74 Å². The van der Waals surface area contributed by atoms with Gasteiger partial charge in [0.1, 0.15) is 5.75 Å². The Balaban J connectivity index is 2.94. The van der Waals surface area contributed by atoms with Gasteiger partial charge in [-0.05, 0) is 20.8 Å². The highest BCUT2D eigenvalue weighted by Gasteiger charge is 2.05. The van der Waals surface area contributed by atoms with Crippen LogP contribution in [0.5, 0.6) is 5.75 Å². The van der Waals surface area contributed by atoms with Gasteiger partial charge in [-0.15, -0.1) is 11.6 Å². The minimum atomic E-state index is 0.170. The van der Waals surface area contributed by atoms with Crippen molar-refractivity contribution >= 4 is 11.6 Å². The number of rotatable bonds is 3. The highest BCUT2D eigenvalue weighted by atomic mass is 35.5. The molecule has 0 spiro atoms. The topological polar surface area (TPSA) is 22.1 Å². The maximum absolute atomic E-state index is 5.75. The minimum Gasteiger partial charge on any atom is -0.491 e. The van der Waals surface area contributed by atoms with Gasteiger partial charge in [0.25, 0.3) is 0 Å². The highest BCUT2D eigenvalue weighted by Crippen LogP contribution is 2.21. The first-order chi connectivity index (χ1) is 6.13. The number of aromatic nitrogens is 1. The van der Waals surface area contributed by atoms with Crippen molar-refractivity contribution in [2.75, 3.05) is 0 Å². The van der Waals surface area contributed by atoms with Crippen molar-refractivity contribution in [3.8, 4) is 5.75 Å². The monoisotopic (exact) mass is 199 g/mol. The fourth-order valence-corrected chi connectivity index (χ4v) is 1.23. The second-order valence-electron chi connectivity index (χ2n) is 3.23. The molecule has 0 unspecified atom stereocenters. The molecular weight excluding hydrogens is 186 g/mol. The second kappa shape index (κ2) is 4.47. The summed E-state index contributed by atoms with van der Waals surface area (Å²) in [7, 11) is 0. The van der Waals surface area contributed by atoms with Crippen LogP contribution >= 0.6 is 11.6 Å². The number of alkyl halides is 1. The number of pyridine rings is 1. The van der Waals surface area contributed by atoms with E-state index in [4.69, 9.17) is 16.3 Å². The van der Waals surface area contributed by atoms with Crippen molar-refractivity contribution in [2.24, 2.45) is 0 Å². The lowest BCUT2D eigenvalue weighted by Gasteiger charge is -2.12. The first-order valence-corrected chi connectivity index (χ1v) is 4.85. The predicted molar refractivity (Wildman–Crippen MR) is 54.3 cm³/mol. The summed E-state index contributed by atoms with van der Waals surface area (Å²) in [4.78, 5) is 4.15. The van der Waals surface area contributed by atoms with E-state index in [2.05, 4.69) is 4.98 Å². The molecule has 1 aromatic rings. The zero-order valence-electron chi connectivity index (χ0n) is 8.17. The van der Waals surface area contributed by atoms with Gasteiger partial charge in [-0.25, -0.2) is 0 Å². The van der Waals surface area contributed by atoms with E-state index in [1.165, 1.54) is 0 Å². The molecule has 2 nitrogen and oxygen atoms in total. The Morgan fingerprint density at radius 2 is 2.23 bits per heavy atom. The van der Waals surface area contributed by atoms with Crippen LogP contribution in [0.3, 0.4) is 0 Å². The average Bonchev–Trinajstić information content (AvgIpc) is 2.03. The largest absolute Gasteiger partial charge is 0.491 e. The lowest BCUT2D eigenvalue weighted by molar-refractivity contribution is 0.240. The van der Waals surface area contributed by atoms with Gasteiger partial charge in [0.2, 0.25) is 0 Å². The molecule has 1 rings (SSSR count). The van der Waals surface area contributed by atoms with Crippen LogP contribution in [0.4, 0.5) is 0 Å². The summed E-state index contributed by atoms with van der Waals surface area (Å²) in [5, 5.41) is 0. The molecule has 0 saturated carbocycles. The molecule has 0 aliphatic carbocycles. The van der Waals surface area contributed by atoms with Crippen LogP contribution in [-0.4, -0.2) is 11.1 Å². The van der Waals surface area contributed by atoms with Crippen LogP contribution < -0.4 is 4.74 Å². The maximum Gasteiger partial charge on any atom is 0.127 e. The molecule has 1 heterocycles. The molecule has 0 amide bonds. The molecule has 0 saturated heterocycles. The summed E-state index contributed by atoms with van der Waals surface area (Å²) < 4.78 is 5.59. The summed E-state index contributed by atoms with van der Waals surface area (Å²) in [6, 6.07) is 1.91. The highest BCUT2D eigenvalue weighted by molar-refractivity contribution is 6.17. The number of hydrogen-bond donors (Lipinski definition) is 0. The van der Waals surface area contributed by atoms with Gasteiger partial charge in [0.05, 0.1) is 12.0 Å². The van der Waals surface area contributed by atoms with E-state index in [-0.39, 0.29) is 6.10 Å². The molecule has 72 valence electrons. The second-order valence-corrected chi connectivity index (χ2v) is 3.50. The molecule has 0 aliphatic rings. The SMILES string of the molecule is Cc1cc(OC(C)C)c(CCl)cn1. The van der Waals surface area contributed by atoms with E-state index in [1.807, 2.05) is 26.8 Å². The van der Waals surface area contributed by atoms with Gasteiger partial charge in [-0.3, -0.25) is 4.98 Å². The molecule has 0 aliphatic heterocycles. The maximum atomic E-state index is 5.75. The zero-order valence-corrected chi connectivity index (χ0v) is 8.93. The normalized spacial score (nSPS) is 10.5. The fourth-order valence-electron chi connectivity index (χ4n) is 1.03. The summed E-state index contributed by atoms with van der Waals surface area (Å²) in [6.45, 7) is 5.92. The summed E-state index contributed by atoms with van der Waals surface area (Å²) in [6.07, 6.45) is 1.93. The molecular formula is C10H14ClNO. The summed E-state index contributed by atoms with van der Waals surface area (Å²) >= 11 is 5.75. The smallest absolute Gasteiger partial charge is 0.127 e. The van der Waals surface area contributed by atoms with Crippen molar-refractivity contribution in [1.29, 1.82) is 0 Å². The van der Waals surface area contributed by atoms with Crippen LogP contribution in [0.1, 0.15) is 25.1 Å². The van der Waals surface area contributed by atoms with Crippen molar-refractivity contribution in [1.82, 2.24) is 4.98 Å². The number of hydrogen-bond acceptors (Lipinski definition) is 2. The van der Waals surface area contributed by atoms with Crippen molar-refractivity contribution in [2.45, 2.75) is 32.8 Å². The number of nitrogens with zero attached hydrogens (tertiary/aromatic N) is 1. The van der Waals surface area contributed by atoms with Gasteiger partial charge >= 0.3 is 0 Å². The molecule has 0 bridgehead atoms. The number of aryl methyl sites for hydroxylation is 1. The predicted octanol–water partition coefficient (Wildman–Crippen LogP) is 2.92. The summed E-state index contributed by atoms with van der Waals surface area (Å²) in [5.41, 5.74) is 1.89. The third-order valence-corrected chi connectivity index (χ3v) is 1.88. The quantitative estimate of drug-likeness (QED) is 0.699. The Bertz CT molecular complexity index is 286. The van der Waals surface area contributed by atoms with E-state index in [1.54, 1.807) is 6.20 Å². The van der Waals surface area contributed by atoms with Crippen LogP contribution in [0, 0.1) is 6.92 Å². The lowest BCUT2D eigenvalue weighted by atomic mass is 10.2. The standard InChI is InChI=1S/C10H14ClNO/c1-7(2)13-10-4-8(3)12-6-9(10)5-11/h4,6-7H,5H2,1-3H3. The third-order valence-electron chi connectivity index (χ3n) is 1.59. The zero-order chi connectivity index (χ0) is 9.84. The van der Waals surface area contributed by atoms with Crippen LogP contribution in [0.2, 0.25) is 0 Å². The molecule has 0 fully saturated rings. The Labute approximate surface area is 83.9 Å². The van der Waals surface area contributed by atoms with Gasteiger partial charge in [-0.2, -0.15) is 0 Å². The van der Waals surface area contributed by atoms with Crippen molar-refractivity contribution in [3.05, 3.63) is 23.5 Å². The van der Waals surface area contributed by atoms with Gasteiger partial charge < -0.3 is 4.74 Å². The van der Waals surface area contributed by atoms with Gasteiger partial charge in [0.15, 0.2) is 0 Å². The van der Waals surface area contributed by atoms with Crippen LogP contribution in [0.15, 0.2) is 12.3 Å². The first-order valence-electron chi connectivity index (χ1n) is 4.31. The van der Waals surface area contributed by atoms with Crippen LogP contribution in [-0.2, 0) is 5.88 Å². The van der Waals surface area contributed by atoms with E-state index < -0.39 is 0 Å². The lowest BCUT2D eigenvalue weighted by Crippen LogP contribution is -2.07. The number of ether oxygens (including phenoxy) is 1. The third kappa shape index (κ3) is 2.88. The number of halogens is 1. The van der Waals surface area contributed by atoms with Gasteiger partial charge in [-0.1, -0.05) is 0 Å². The Kier molecular flexibility index (Phi) is 3.55. The molecule has 13 heavy (non-hydrogen) atoms. The molecule has 0 radical (unpaired) electrons. The Morgan fingerprint density at radius 3 is 2.77 bits per heavy atom. The first kappa shape index (κ1) is 10.3. The van der Waals surface area contributed by atoms with Crippen molar-refractivity contribution in [3.63, 3.8) is 0 Å². The van der Waals surface area contributed by atoms with E-state index >= 15 is 0 Å². The average molecular weight is 200 g/mol. The fraction of sp³-hybridized carbons (Fsp3) is 0.500. The Morgan fingerprint density at radius 1 is 1.54 bits per heavy atom. The molecule has 1 aromatic heterocycles. The minimum absolute atomic E-state index is 0.170.